The Morgan fingerprint density at radius 1 is 0.950 bits per heavy atom. The zero-order valence-corrected chi connectivity index (χ0v) is 12.2. The fourth-order valence-electron chi connectivity index (χ4n) is 1.65. The quantitative estimate of drug-likeness (QED) is 0.690. The van der Waals surface area contributed by atoms with Crippen LogP contribution in [0, 0.1) is 0 Å². The number of hydrogen-bond donors (Lipinski definition) is 1. The molecule has 0 amide bonds. The molecule has 20 heavy (non-hydrogen) atoms. The lowest BCUT2D eigenvalue weighted by atomic mass is 10.0. The van der Waals surface area contributed by atoms with Gasteiger partial charge in [0.2, 0.25) is 0 Å². The van der Waals surface area contributed by atoms with Crippen molar-refractivity contribution in [2.75, 3.05) is 0 Å². The minimum atomic E-state index is -4.55. The molecule has 0 bridgehead atoms. The lowest BCUT2D eigenvalue weighted by molar-refractivity contribution is 0.103. The van der Waals surface area contributed by atoms with Crippen molar-refractivity contribution in [2.45, 2.75) is 4.90 Å². The highest BCUT2D eigenvalue weighted by atomic mass is 35.5. The molecule has 0 aliphatic rings. The summed E-state index contributed by atoms with van der Waals surface area (Å²) in [5, 5.41) is 0.554. The molecule has 0 unspecified atom stereocenters. The van der Waals surface area contributed by atoms with Crippen LogP contribution >= 0.6 is 23.2 Å². The molecule has 0 heterocycles. The van der Waals surface area contributed by atoms with Gasteiger partial charge >= 0.3 is 0 Å². The van der Waals surface area contributed by atoms with Crippen LogP contribution in [0.15, 0.2) is 47.4 Å². The third kappa shape index (κ3) is 3.19. The van der Waals surface area contributed by atoms with E-state index >= 15 is 0 Å². The summed E-state index contributed by atoms with van der Waals surface area (Å²) in [5.41, 5.74) is 0.0980. The molecule has 0 spiro atoms. The number of benzene rings is 2. The van der Waals surface area contributed by atoms with Gasteiger partial charge in [0.05, 0.1) is 0 Å². The van der Waals surface area contributed by atoms with Crippen LogP contribution in [-0.2, 0) is 10.1 Å². The van der Waals surface area contributed by atoms with E-state index in [1.807, 2.05) is 0 Å². The second kappa shape index (κ2) is 5.54. The van der Waals surface area contributed by atoms with Crippen LogP contribution < -0.4 is 0 Å². The van der Waals surface area contributed by atoms with Crippen molar-refractivity contribution in [3.63, 3.8) is 0 Å². The van der Waals surface area contributed by atoms with Crippen molar-refractivity contribution >= 4 is 39.1 Å². The van der Waals surface area contributed by atoms with Gasteiger partial charge in [-0.05, 0) is 42.5 Å². The average Bonchev–Trinajstić information content (AvgIpc) is 2.38. The van der Waals surface area contributed by atoms with E-state index in [4.69, 9.17) is 23.2 Å². The maximum absolute atomic E-state index is 12.3. The molecule has 4 nitrogen and oxygen atoms in total. The lowest BCUT2D eigenvalue weighted by Gasteiger charge is -2.07. The van der Waals surface area contributed by atoms with Gasteiger partial charge in [-0.2, -0.15) is 8.42 Å². The standard InChI is InChI=1S/C13H8Cl2O4S/c14-9-3-1-8(2-4-9)13(16)11-6-5-10(15)7-12(11)20(17,18)19/h1-7H,(H,17,18,19). The van der Waals surface area contributed by atoms with Crippen LogP contribution in [0.5, 0.6) is 0 Å². The Kier molecular flexibility index (Phi) is 4.15. The summed E-state index contributed by atoms with van der Waals surface area (Å²) in [6.45, 7) is 0. The van der Waals surface area contributed by atoms with Crippen molar-refractivity contribution in [3.8, 4) is 0 Å². The summed E-state index contributed by atoms with van der Waals surface area (Å²) in [5.74, 6) is -0.550. The highest BCUT2D eigenvalue weighted by Crippen LogP contribution is 2.23. The minimum Gasteiger partial charge on any atom is -0.289 e. The topological polar surface area (TPSA) is 71.4 Å². The minimum absolute atomic E-state index is 0.102. The third-order valence-corrected chi connectivity index (χ3v) is 3.95. The van der Waals surface area contributed by atoms with Crippen molar-refractivity contribution in [1.29, 1.82) is 0 Å². The molecule has 0 fully saturated rings. The molecule has 104 valence electrons. The first kappa shape index (κ1) is 15.0. The van der Waals surface area contributed by atoms with Gasteiger partial charge < -0.3 is 0 Å². The zero-order valence-electron chi connectivity index (χ0n) is 9.88. The van der Waals surface area contributed by atoms with Gasteiger partial charge in [0.15, 0.2) is 5.78 Å². The molecule has 0 atom stereocenters. The van der Waals surface area contributed by atoms with E-state index < -0.39 is 20.8 Å². The summed E-state index contributed by atoms with van der Waals surface area (Å²) in [6, 6.07) is 9.61. The van der Waals surface area contributed by atoms with E-state index in [0.717, 1.165) is 6.07 Å². The van der Waals surface area contributed by atoms with E-state index in [-0.39, 0.29) is 16.1 Å². The Morgan fingerprint density at radius 3 is 2.05 bits per heavy atom. The Balaban J connectivity index is 2.58. The highest BCUT2D eigenvalue weighted by molar-refractivity contribution is 7.86. The summed E-state index contributed by atoms with van der Waals surface area (Å²) >= 11 is 11.4. The number of hydrogen-bond acceptors (Lipinski definition) is 3. The zero-order chi connectivity index (χ0) is 14.9. The fraction of sp³-hybridized carbons (Fsp3) is 0. The molecule has 2 rings (SSSR count). The van der Waals surface area contributed by atoms with E-state index in [0.29, 0.717) is 5.02 Å². The lowest BCUT2D eigenvalue weighted by Crippen LogP contribution is -2.09. The predicted octanol–water partition coefficient (Wildman–Crippen LogP) is 3.47. The van der Waals surface area contributed by atoms with Gasteiger partial charge in [0.1, 0.15) is 4.90 Å². The van der Waals surface area contributed by atoms with Gasteiger partial charge in [0, 0.05) is 21.2 Å². The molecule has 0 radical (unpaired) electrons. The highest BCUT2D eigenvalue weighted by Gasteiger charge is 2.21. The first-order chi connectivity index (χ1) is 9.29. The maximum Gasteiger partial charge on any atom is 0.295 e. The summed E-state index contributed by atoms with van der Waals surface area (Å²) in [4.78, 5) is 11.8. The third-order valence-electron chi connectivity index (χ3n) is 2.57. The maximum atomic E-state index is 12.3. The van der Waals surface area contributed by atoms with Gasteiger partial charge in [-0.25, -0.2) is 0 Å². The molecule has 0 saturated heterocycles. The second-order valence-electron chi connectivity index (χ2n) is 3.95. The molecular formula is C13H8Cl2O4S. The normalized spacial score (nSPS) is 11.3. The van der Waals surface area contributed by atoms with Crippen LogP contribution in [0.3, 0.4) is 0 Å². The molecule has 7 heteroatoms. The van der Waals surface area contributed by atoms with Crippen LogP contribution in [0.25, 0.3) is 0 Å². The smallest absolute Gasteiger partial charge is 0.289 e. The Bertz CT molecular complexity index is 767. The first-order valence-corrected chi connectivity index (χ1v) is 7.56. The predicted molar refractivity (Wildman–Crippen MR) is 76.2 cm³/mol. The molecule has 0 saturated carbocycles. The Labute approximate surface area is 125 Å². The molecular weight excluding hydrogens is 323 g/mol. The van der Waals surface area contributed by atoms with Crippen LogP contribution in [0.4, 0.5) is 0 Å². The van der Waals surface area contributed by atoms with E-state index in [2.05, 4.69) is 0 Å². The molecule has 0 aliphatic heterocycles. The molecule has 0 aromatic heterocycles. The number of carbonyl (C=O) groups is 1. The monoisotopic (exact) mass is 330 g/mol. The van der Waals surface area contributed by atoms with Crippen molar-refractivity contribution in [2.24, 2.45) is 0 Å². The SMILES string of the molecule is O=C(c1ccc(Cl)cc1)c1ccc(Cl)cc1S(=O)(=O)O. The van der Waals surface area contributed by atoms with E-state index in [1.54, 1.807) is 0 Å². The van der Waals surface area contributed by atoms with Gasteiger partial charge in [-0.3, -0.25) is 9.35 Å². The summed E-state index contributed by atoms with van der Waals surface area (Å²) in [7, 11) is -4.55. The Morgan fingerprint density at radius 2 is 1.50 bits per heavy atom. The first-order valence-electron chi connectivity index (χ1n) is 5.36. The fourth-order valence-corrected chi connectivity index (χ4v) is 2.73. The van der Waals surface area contributed by atoms with Crippen molar-refractivity contribution in [3.05, 3.63) is 63.6 Å². The van der Waals surface area contributed by atoms with Crippen LogP contribution in [0.2, 0.25) is 10.0 Å². The summed E-state index contributed by atoms with van der Waals surface area (Å²) in [6.07, 6.45) is 0. The van der Waals surface area contributed by atoms with Gasteiger partial charge in [-0.1, -0.05) is 23.2 Å². The molecule has 1 N–H and O–H groups in total. The van der Waals surface area contributed by atoms with Crippen LogP contribution in [0.1, 0.15) is 15.9 Å². The van der Waals surface area contributed by atoms with Crippen molar-refractivity contribution in [1.82, 2.24) is 0 Å². The van der Waals surface area contributed by atoms with E-state index in [1.165, 1.54) is 36.4 Å². The van der Waals surface area contributed by atoms with Crippen molar-refractivity contribution < 1.29 is 17.8 Å². The largest absolute Gasteiger partial charge is 0.295 e. The van der Waals surface area contributed by atoms with Gasteiger partial charge in [0.25, 0.3) is 10.1 Å². The summed E-state index contributed by atoms with van der Waals surface area (Å²) < 4.78 is 31.8. The number of carbonyl (C=O) groups excluding carboxylic acids is 1. The molecule has 2 aromatic carbocycles. The number of ketones is 1. The van der Waals surface area contributed by atoms with Gasteiger partial charge in [-0.15, -0.1) is 0 Å². The number of halogens is 2. The van der Waals surface area contributed by atoms with E-state index in [9.17, 15) is 17.8 Å². The van der Waals surface area contributed by atoms with Crippen LogP contribution in [-0.4, -0.2) is 18.8 Å². The molecule has 0 aliphatic carbocycles. The Hall–Kier alpha value is -1.40. The average molecular weight is 331 g/mol. The molecule has 2 aromatic rings. The number of rotatable bonds is 3. The second-order valence-corrected chi connectivity index (χ2v) is 6.21.